The maximum atomic E-state index is 13.7. The molecule has 6 nitrogen and oxygen atoms in total. The zero-order valence-corrected chi connectivity index (χ0v) is 20.6. The highest BCUT2D eigenvalue weighted by molar-refractivity contribution is 6.42. The Labute approximate surface area is 208 Å². The highest BCUT2D eigenvalue weighted by Gasteiger charge is 2.53. The van der Waals surface area contributed by atoms with Crippen molar-refractivity contribution in [1.29, 1.82) is 0 Å². The first-order valence-electron chi connectivity index (χ1n) is 11.0. The maximum absolute atomic E-state index is 13.7. The number of carbonyl (C=O) groups excluding carboxylic acids is 4. The number of aryl methyl sites for hydroxylation is 1. The first-order valence-corrected chi connectivity index (χ1v) is 11.8. The fraction of sp³-hybridized carbons (Fsp3) is 0.308. The smallest absolute Gasteiger partial charge is 0.273 e. The van der Waals surface area contributed by atoms with Crippen LogP contribution in [0.5, 0.6) is 0 Å². The lowest BCUT2D eigenvalue weighted by atomic mass is 9.82. The molecule has 3 atom stereocenters. The lowest BCUT2D eigenvalue weighted by Gasteiger charge is -2.34. The van der Waals surface area contributed by atoms with E-state index in [1.807, 2.05) is 19.9 Å². The van der Waals surface area contributed by atoms with Crippen molar-refractivity contribution >= 4 is 46.7 Å². The number of benzene rings is 2. The predicted octanol–water partition coefficient (Wildman–Crippen LogP) is 5.27. The Kier molecular flexibility index (Phi) is 6.65. The third kappa shape index (κ3) is 4.28. The number of hydrazine groups is 1. The summed E-state index contributed by atoms with van der Waals surface area (Å²) in [5, 5.41) is 2.27. The number of allylic oxidation sites excluding steroid dienone is 2. The summed E-state index contributed by atoms with van der Waals surface area (Å²) >= 11 is 12.1. The molecule has 1 fully saturated rings. The van der Waals surface area contributed by atoms with Crippen molar-refractivity contribution in [1.82, 2.24) is 10.0 Å². The molecule has 1 aliphatic heterocycles. The fourth-order valence-corrected chi connectivity index (χ4v) is 4.80. The molecular weight excluding hydrogens is 475 g/mol. The summed E-state index contributed by atoms with van der Waals surface area (Å²) in [6, 6.07) is 10.1. The number of hydrogen-bond acceptors (Lipinski definition) is 4. The van der Waals surface area contributed by atoms with E-state index >= 15 is 0 Å². The van der Waals surface area contributed by atoms with E-state index in [2.05, 4.69) is 0 Å². The Hall–Kier alpha value is -2.96. The van der Waals surface area contributed by atoms with Gasteiger partial charge in [0.25, 0.3) is 17.7 Å². The topological polar surface area (TPSA) is 74.8 Å². The predicted molar refractivity (Wildman–Crippen MR) is 129 cm³/mol. The van der Waals surface area contributed by atoms with E-state index in [9.17, 15) is 19.2 Å². The first kappa shape index (κ1) is 24.2. The fourth-order valence-electron chi connectivity index (χ4n) is 4.50. The quantitative estimate of drug-likeness (QED) is 0.319. The number of rotatable bonds is 5. The van der Waals surface area contributed by atoms with Gasteiger partial charge in [-0.3, -0.25) is 19.2 Å². The Bertz CT molecular complexity index is 1220. The SMILES string of the molecule is CC1=CC[C@@H]2C(=O)N(N(C(=O)c3ccc(Cl)c(Cl)c3)[C@@H](C)C(=O)c3ccc(C)cc3)C(=O)[C@@H]2C1. The largest absolute Gasteiger partial charge is 0.292 e. The molecule has 0 bridgehead atoms. The Morgan fingerprint density at radius 1 is 0.941 bits per heavy atom. The second-order valence-corrected chi connectivity index (χ2v) is 9.69. The number of halogens is 2. The third-order valence-corrected chi connectivity index (χ3v) is 7.21. The van der Waals surface area contributed by atoms with Gasteiger partial charge in [-0.1, -0.05) is 64.7 Å². The van der Waals surface area contributed by atoms with Gasteiger partial charge in [-0.25, -0.2) is 5.01 Å². The molecule has 0 spiro atoms. The monoisotopic (exact) mass is 498 g/mol. The van der Waals surface area contributed by atoms with Gasteiger partial charge >= 0.3 is 0 Å². The summed E-state index contributed by atoms with van der Waals surface area (Å²) in [5.74, 6) is -3.13. The lowest BCUT2D eigenvalue weighted by molar-refractivity contribution is -0.156. The highest BCUT2D eigenvalue weighted by atomic mass is 35.5. The van der Waals surface area contributed by atoms with E-state index in [4.69, 9.17) is 23.2 Å². The van der Waals surface area contributed by atoms with Gasteiger partial charge in [0.2, 0.25) is 0 Å². The average molecular weight is 499 g/mol. The molecule has 176 valence electrons. The van der Waals surface area contributed by atoms with Crippen LogP contribution in [0.1, 0.15) is 53.0 Å². The molecule has 0 saturated carbocycles. The van der Waals surface area contributed by atoms with E-state index in [-0.39, 0.29) is 15.6 Å². The van der Waals surface area contributed by atoms with Crippen LogP contribution in [0.15, 0.2) is 54.1 Å². The van der Waals surface area contributed by atoms with Crippen molar-refractivity contribution in [3.05, 3.63) is 80.8 Å². The number of amides is 3. The summed E-state index contributed by atoms with van der Waals surface area (Å²) in [6.07, 6.45) is 2.81. The summed E-state index contributed by atoms with van der Waals surface area (Å²) < 4.78 is 0. The van der Waals surface area contributed by atoms with Crippen LogP contribution in [0.3, 0.4) is 0 Å². The van der Waals surface area contributed by atoms with Crippen LogP contribution >= 0.6 is 23.2 Å². The minimum Gasteiger partial charge on any atom is -0.292 e. The Balaban J connectivity index is 1.76. The summed E-state index contributed by atoms with van der Waals surface area (Å²) in [6.45, 7) is 5.33. The molecule has 1 aliphatic carbocycles. The van der Waals surface area contributed by atoms with Crippen molar-refractivity contribution in [2.75, 3.05) is 0 Å². The second-order valence-electron chi connectivity index (χ2n) is 8.88. The second kappa shape index (κ2) is 9.35. The molecule has 2 aromatic carbocycles. The third-order valence-electron chi connectivity index (χ3n) is 6.47. The molecule has 1 saturated heterocycles. The lowest BCUT2D eigenvalue weighted by Crippen LogP contribution is -2.56. The molecule has 0 unspecified atom stereocenters. The molecule has 0 radical (unpaired) electrons. The van der Waals surface area contributed by atoms with Gasteiger partial charge in [0, 0.05) is 11.1 Å². The standard InChI is InChI=1S/C26H24Cl2N2O4/c1-14-4-7-17(8-5-14)23(31)16(3)29(24(32)18-9-11-21(27)22(28)13-18)30-25(33)19-10-6-15(2)12-20(19)26(30)34/h4-9,11,13,16,19-20H,10,12H2,1-3H3/t16-,19-,20+/m0/s1. The zero-order chi connectivity index (χ0) is 24.7. The van der Waals surface area contributed by atoms with Crippen molar-refractivity contribution in [2.24, 2.45) is 11.8 Å². The molecule has 3 amide bonds. The van der Waals surface area contributed by atoms with Crippen LogP contribution in [0.4, 0.5) is 0 Å². The summed E-state index contributed by atoms with van der Waals surface area (Å²) in [7, 11) is 0. The normalized spacial score (nSPS) is 20.6. The molecular formula is C26H24Cl2N2O4. The number of fused-ring (bicyclic) bond motifs is 1. The van der Waals surface area contributed by atoms with E-state index in [1.54, 1.807) is 24.3 Å². The van der Waals surface area contributed by atoms with Crippen LogP contribution in [0.25, 0.3) is 0 Å². The Morgan fingerprint density at radius 3 is 2.21 bits per heavy atom. The summed E-state index contributed by atoms with van der Waals surface area (Å²) in [4.78, 5) is 53.9. The number of imide groups is 1. The number of ketones is 1. The van der Waals surface area contributed by atoms with Crippen LogP contribution in [-0.4, -0.2) is 39.6 Å². The van der Waals surface area contributed by atoms with Gasteiger partial charge in [-0.15, -0.1) is 0 Å². The van der Waals surface area contributed by atoms with Crippen molar-refractivity contribution in [3.63, 3.8) is 0 Å². The zero-order valence-electron chi connectivity index (χ0n) is 19.0. The molecule has 0 N–H and O–H groups in total. The Morgan fingerprint density at radius 2 is 1.56 bits per heavy atom. The van der Waals surface area contributed by atoms with Gasteiger partial charge in [-0.05, 0) is 51.8 Å². The highest BCUT2D eigenvalue weighted by Crippen LogP contribution is 2.39. The minimum atomic E-state index is -1.12. The number of nitrogens with zero attached hydrogens (tertiary/aromatic N) is 2. The van der Waals surface area contributed by atoms with Gasteiger partial charge in [0.05, 0.1) is 21.9 Å². The molecule has 4 rings (SSSR count). The average Bonchev–Trinajstić information content (AvgIpc) is 3.05. The number of Topliss-reactive ketones (excluding diaryl/α,β-unsaturated/α-hetero) is 1. The van der Waals surface area contributed by atoms with E-state index in [1.165, 1.54) is 25.1 Å². The van der Waals surface area contributed by atoms with Crippen LogP contribution in [-0.2, 0) is 9.59 Å². The molecule has 2 aromatic rings. The number of carbonyl (C=O) groups is 4. The molecule has 0 aromatic heterocycles. The molecule has 8 heteroatoms. The molecule has 1 heterocycles. The van der Waals surface area contributed by atoms with Crippen molar-refractivity contribution in [2.45, 2.75) is 39.7 Å². The molecule has 34 heavy (non-hydrogen) atoms. The van der Waals surface area contributed by atoms with Crippen LogP contribution < -0.4 is 0 Å². The van der Waals surface area contributed by atoms with E-state index in [0.717, 1.165) is 21.2 Å². The van der Waals surface area contributed by atoms with Crippen molar-refractivity contribution in [3.8, 4) is 0 Å². The van der Waals surface area contributed by atoms with Gasteiger partial charge < -0.3 is 0 Å². The minimum absolute atomic E-state index is 0.114. The summed E-state index contributed by atoms with van der Waals surface area (Å²) in [5.41, 5.74) is 2.49. The van der Waals surface area contributed by atoms with Crippen LogP contribution in [0, 0.1) is 18.8 Å². The van der Waals surface area contributed by atoms with E-state index < -0.39 is 41.4 Å². The van der Waals surface area contributed by atoms with E-state index in [0.29, 0.717) is 18.4 Å². The van der Waals surface area contributed by atoms with Gasteiger partial charge in [0.15, 0.2) is 5.78 Å². The van der Waals surface area contributed by atoms with Gasteiger partial charge in [-0.2, -0.15) is 5.01 Å². The molecule has 2 aliphatic rings. The number of hydrogen-bond donors (Lipinski definition) is 0. The van der Waals surface area contributed by atoms with Crippen molar-refractivity contribution < 1.29 is 19.2 Å². The van der Waals surface area contributed by atoms with Crippen LogP contribution in [0.2, 0.25) is 10.0 Å². The van der Waals surface area contributed by atoms with Gasteiger partial charge in [0.1, 0.15) is 6.04 Å². The maximum Gasteiger partial charge on any atom is 0.273 e. The first-order chi connectivity index (χ1) is 16.1.